The molecule has 0 aliphatic carbocycles. The van der Waals surface area contributed by atoms with Crippen LogP contribution < -0.4 is 10.6 Å². The van der Waals surface area contributed by atoms with E-state index in [-0.39, 0.29) is 24.0 Å². The highest BCUT2D eigenvalue weighted by Gasteiger charge is 2.24. The molecule has 0 spiro atoms. The molecule has 7 nitrogen and oxygen atoms in total. The third-order valence-electron chi connectivity index (χ3n) is 4.61. The zero-order chi connectivity index (χ0) is 18.1. The first-order valence-corrected chi connectivity index (χ1v) is 9.47. The van der Waals surface area contributed by atoms with Gasteiger partial charge in [-0.05, 0) is 59.2 Å². The Labute approximate surface area is 174 Å². The van der Waals surface area contributed by atoms with Crippen LogP contribution >= 0.6 is 24.0 Å². The summed E-state index contributed by atoms with van der Waals surface area (Å²) >= 11 is 0. The average molecular weight is 478 g/mol. The highest BCUT2D eigenvalue weighted by Crippen LogP contribution is 2.19. The zero-order valence-corrected chi connectivity index (χ0v) is 18.7. The molecule has 1 aromatic heterocycles. The number of unbranched alkanes of at least 4 members (excludes halogenated alkanes) is 1. The number of likely N-dealkylation sites (tertiary alicyclic amines) is 1. The molecule has 0 aromatic carbocycles. The fraction of sp³-hybridized carbons (Fsp3) is 0.778. The molecule has 8 heteroatoms. The highest BCUT2D eigenvalue weighted by molar-refractivity contribution is 14.0. The molecule has 0 saturated carbocycles. The smallest absolute Gasteiger partial charge is 0.191 e. The van der Waals surface area contributed by atoms with Crippen LogP contribution in [0.5, 0.6) is 0 Å². The van der Waals surface area contributed by atoms with Gasteiger partial charge >= 0.3 is 0 Å². The van der Waals surface area contributed by atoms with E-state index in [2.05, 4.69) is 25.6 Å². The van der Waals surface area contributed by atoms with Crippen molar-refractivity contribution in [1.82, 2.24) is 25.3 Å². The molecule has 1 unspecified atom stereocenters. The molecule has 1 atom stereocenters. The first kappa shape index (κ1) is 23.2. The van der Waals surface area contributed by atoms with Gasteiger partial charge in [-0.1, -0.05) is 0 Å². The van der Waals surface area contributed by atoms with E-state index in [0.29, 0.717) is 6.54 Å². The largest absolute Gasteiger partial charge is 0.383 e. The number of guanidine groups is 1. The predicted molar refractivity (Wildman–Crippen MR) is 117 cm³/mol. The summed E-state index contributed by atoms with van der Waals surface area (Å²) in [7, 11) is 1.84. The maximum Gasteiger partial charge on any atom is 0.191 e. The number of nitrogens with zero attached hydrogens (tertiary/aromatic N) is 4. The SMILES string of the molecule is CCNC(=NCC(C)(O)c1cnn(C)c1)NCCCCN1CCCC1.I. The number of hydrogen-bond acceptors (Lipinski definition) is 4. The summed E-state index contributed by atoms with van der Waals surface area (Å²) in [6, 6.07) is 0. The van der Waals surface area contributed by atoms with Crippen molar-refractivity contribution in [2.24, 2.45) is 12.0 Å². The van der Waals surface area contributed by atoms with Crippen LogP contribution in [0.2, 0.25) is 0 Å². The van der Waals surface area contributed by atoms with Gasteiger partial charge in [0.05, 0.1) is 12.7 Å². The fourth-order valence-electron chi connectivity index (χ4n) is 3.04. The van der Waals surface area contributed by atoms with Gasteiger partial charge in [-0.2, -0.15) is 5.10 Å². The maximum absolute atomic E-state index is 10.6. The molecule has 1 fully saturated rings. The van der Waals surface area contributed by atoms with Crippen LogP contribution in [-0.4, -0.2) is 65.0 Å². The molecule has 26 heavy (non-hydrogen) atoms. The lowest BCUT2D eigenvalue weighted by molar-refractivity contribution is 0.0672. The van der Waals surface area contributed by atoms with Crippen molar-refractivity contribution < 1.29 is 5.11 Å². The topological polar surface area (TPSA) is 77.7 Å². The number of aryl methyl sites for hydroxylation is 1. The number of hydrogen-bond donors (Lipinski definition) is 3. The predicted octanol–water partition coefficient (Wildman–Crippen LogP) is 1.68. The second kappa shape index (κ2) is 11.8. The van der Waals surface area contributed by atoms with Gasteiger partial charge in [0.1, 0.15) is 5.60 Å². The van der Waals surface area contributed by atoms with Crippen LogP contribution in [0, 0.1) is 0 Å². The van der Waals surface area contributed by atoms with Crippen LogP contribution in [0.1, 0.15) is 45.1 Å². The first-order chi connectivity index (χ1) is 12.0. The van der Waals surface area contributed by atoms with Crippen LogP contribution in [0.3, 0.4) is 0 Å². The fourth-order valence-corrected chi connectivity index (χ4v) is 3.04. The van der Waals surface area contributed by atoms with Gasteiger partial charge in [0, 0.05) is 31.9 Å². The zero-order valence-electron chi connectivity index (χ0n) is 16.4. The Hall–Kier alpha value is -0.870. The lowest BCUT2D eigenvalue weighted by Crippen LogP contribution is -2.39. The molecular weight excluding hydrogens is 443 g/mol. The third kappa shape index (κ3) is 7.79. The molecule has 1 saturated heterocycles. The van der Waals surface area contributed by atoms with Crippen molar-refractivity contribution in [3.63, 3.8) is 0 Å². The van der Waals surface area contributed by atoms with Crippen molar-refractivity contribution in [3.8, 4) is 0 Å². The Balaban J connectivity index is 0.00000338. The normalized spacial score (nSPS) is 17.6. The minimum Gasteiger partial charge on any atom is -0.383 e. The number of rotatable bonds is 9. The number of aromatic nitrogens is 2. The van der Waals surface area contributed by atoms with E-state index in [1.165, 1.54) is 38.9 Å². The van der Waals surface area contributed by atoms with Gasteiger partial charge in [0.15, 0.2) is 5.96 Å². The Kier molecular flexibility index (Phi) is 10.5. The molecule has 1 aromatic rings. The lowest BCUT2D eigenvalue weighted by Gasteiger charge is -2.20. The summed E-state index contributed by atoms with van der Waals surface area (Å²) in [5.74, 6) is 0.757. The second-order valence-electron chi connectivity index (χ2n) is 7.05. The summed E-state index contributed by atoms with van der Waals surface area (Å²) in [5, 5.41) is 21.4. The van der Waals surface area contributed by atoms with Crippen LogP contribution in [0.15, 0.2) is 17.4 Å². The molecule has 3 N–H and O–H groups in total. The Morgan fingerprint density at radius 3 is 2.65 bits per heavy atom. The molecule has 0 amide bonds. The first-order valence-electron chi connectivity index (χ1n) is 9.47. The van der Waals surface area contributed by atoms with Gasteiger partial charge in [-0.3, -0.25) is 4.68 Å². The monoisotopic (exact) mass is 478 g/mol. The molecule has 1 aliphatic rings. The van der Waals surface area contributed by atoms with E-state index in [0.717, 1.165) is 31.0 Å². The molecule has 2 rings (SSSR count). The second-order valence-corrected chi connectivity index (χ2v) is 7.05. The number of aliphatic imine (C=N–C) groups is 1. The Bertz CT molecular complexity index is 540. The van der Waals surface area contributed by atoms with E-state index in [4.69, 9.17) is 0 Å². The van der Waals surface area contributed by atoms with E-state index in [1.807, 2.05) is 20.2 Å². The van der Waals surface area contributed by atoms with E-state index >= 15 is 0 Å². The van der Waals surface area contributed by atoms with Crippen molar-refractivity contribution in [2.75, 3.05) is 39.3 Å². The average Bonchev–Trinajstić information content (AvgIpc) is 3.24. The molecule has 0 bridgehead atoms. The van der Waals surface area contributed by atoms with Crippen molar-refractivity contribution in [2.45, 2.75) is 45.1 Å². The van der Waals surface area contributed by atoms with E-state index < -0.39 is 5.60 Å². The minimum atomic E-state index is -1.02. The quantitative estimate of drug-likeness (QED) is 0.218. The van der Waals surface area contributed by atoms with Crippen LogP contribution in [0.25, 0.3) is 0 Å². The standard InChI is InChI=1S/C18H34N6O.HI/c1-4-19-17(20-9-5-6-10-24-11-7-8-12-24)21-15-18(2,25)16-13-22-23(3)14-16;/h13-14,25H,4-12,15H2,1-3H3,(H2,19,20,21);1H. The summed E-state index contributed by atoms with van der Waals surface area (Å²) < 4.78 is 1.69. The maximum atomic E-state index is 10.6. The van der Waals surface area contributed by atoms with Crippen molar-refractivity contribution >= 4 is 29.9 Å². The van der Waals surface area contributed by atoms with Crippen molar-refractivity contribution in [3.05, 3.63) is 18.0 Å². The molecule has 1 aliphatic heterocycles. The number of nitrogens with one attached hydrogen (secondary N) is 2. The van der Waals surface area contributed by atoms with Gasteiger partial charge < -0.3 is 20.6 Å². The summed E-state index contributed by atoms with van der Waals surface area (Å²) in [4.78, 5) is 7.09. The highest BCUT2D eigenvalue weighted by atomic mass is 127. The van der Waals surface area contributed by atoms with Gasteiger partial charge in [-0.25, -0.2) is 4.99 Å². The minimum absolute atomic E-state index is 0. The summed E-state index contributed by atoms with van der Waals surface area (Å²) in [6.07, 6.45) is 8.56. The molecule has 2 heterocycles. The molecule has 0 radical (unpaired) electrons. The number of aliphatic hydroxyl groups is 1. The van der Waals surface area contributed by atoms with E-state index in [9.17, 15) is 5.11 Å². The van der Waals surface area contributed by atoms with Gasteiger partial charge in [0.2, 0.25) is 0 Å². The van der Waals surface area contributed by atoms with Crippen LogP contribution in [-0.2, 0) is 12.6 Å². The van der Waals surface area contributed by atoms with Crippen molar-refractivity contribution in [1.29, 1.82) is 0 Å². The van der Waals surface area contributed by atoms with Crippen LogP contribution in [0.4, 0.5) is 0 Å². The molecular formula is C18H35IN6O. The summed E-state index contributed by atoms with van der Waals surface area (Å²) in [6.45, 7) is 9.54. The molecule has 150 valence electrons. The Morgan fingerprint density at radius 2 is 2.04 bits per heavy atom. The van der Waals surface area contributed by atoms with E-state index in [1.54, 1.807) is 17.8 Å². The summed E-state index contributed by atoms with van der Waals surface area (Å²) in [5.41, 5.74) is -0.243. The van der Waals surface area contributed by atoms with Gasteiger partial charge in [-0.15, -0.1) is 24.0 Å². The number of halogens is 1. The third-order valence-corrected chi connectivity index (χ3v) is 4.61. The Morgan fingerprint density at radius 1 is 1.31 bits per heavy atom. The lowest BCUT2D eigenvalue weighted by atomic mass is 10.0. The van der Waals surface area contributed by atoms with Gasteiger partial charge in [0.25, 0.3) is 0 Å².